The van der Waals surface area contributed by atoms with Gasteiger partial charge in [-0.1, -0.05) is 6.92 Å². The Balaban J connectivity index is 2.45. The zero-order valence-electron chi connectivity index (χ0n) is 9.58. The van der Waals surface area contributed by atoms with E-state index in [0.29, 0.717) is 23.4 Å². The minimum Gasteiger partial charge on any atom is -0.480 e. The number of aliphatic carboxylic acids is 1. The van der Waals surface area contributed by atoms with E-state index in [1.54, 1.807) is 11.9 Å². The Morgan fingerprint density at radius 2 is 2.29 bits per heavy atom. The zero-order valence-corrected chi connectivity index (χ0v) is 9.58. The van der Waals surface area contributed by atoms with Crippen molar-refractivity contribution in [2.75, 3.05) is 11.9 Å². The Labute approximate surface area is 97.5 Å². The average Bonchev–Trinajstić information content (AvgIpc) is 2.76. The Kier molecular flexibility index (Phi) is 2.90. The molecule has 0 saturated carbocycles. The molecule has 1 unspecified atom stereocenters. The lowest BCUT2D eigenvalue weighted by Gasteiger charge is -2.24. The number of rotatable bonds is 4. The highest BCUT2D eigenvalue weighted by molar-refractivity contribution is 5.86. The highest BCUT2D eigenvalue weighted by atomic mass is 16.4. The van der Waals surface area contributed by atoms with Gasteiger partial charge in [0, 0.05) is 7.05 Å². The standard InChI is InChI=1S/C10H13N5O2/c1-3-6(10(16)17)15(2)9-7-8(12-4-11-7)13-5-14-9/h4-6H,3H2,1-2H3,(H,16,17)(H,11,12,13,14). The summed E-state index contributed by atoms with van der Waals surface area (Å²) < 4.78 is 0. The molecule has 7 heteroatoms. The van der Waals surface area contributed by atoms with Crippen LogP contribution in [-0.2, 0) is 4.79 Å². The van der Waals surface area contributed by atoms with E-state index in [9.17, 15) is 4.79 Å². The molecule has 90 valence electrons. The Hall–Kier alpha value is -2.18. The summed E-state index contributed by atoms with van der Waals surface area (Å²) in [6.07, 6.45) is 3.38. The molecule has 2 rings (SSSR count). The van der Waals surface area contributed by atoms with Gasteiger partial charge < -0.3 is 15.0 Å². The van der Waals surface area contributed by atoms with E-state index in [0.717, 1.165) is 0 Å². The van der Waals surface area contributed by atoms with Crippen LogP contribution in [0.4, 0.5) is 5.82 Å². The molecule has 17 heavy (non-hydrogen) atoms. The smallest absolute Gasteiger partial charge is 0.326 e. The summed E-state index contributed by atoms with van der Waals surface area (Å²) >= 11 is 0. The summed E-state index contributed by atoms with van der Waals surface area (Å²) in [7, 11) is 1.70. The number of carboxylic acid groups (broad SMARTS) is 1. The predicted octanol–water partition coefficient (Wildman–Crippen LogP) is 0.652. The summed E-state index contributed by atoms with van der Waals surface area (Å²) in [5.74, 6) is -0.331. The van der Waals surface area contributed by atoms with Gasteiger partial charge in [-0.2, -0.15) is 0 Å². The van der Waals surface area contributed by atoms with Crippen LogP contribution in [0.15, 0.2) is 12.7 Å². The number of likely N-dealkylation sites (N-methyl/N-ethyl adjacent to an activating group) is 1. The van der Waals surface area contributed by atoms with Crippen molar-refractivity contribution in [2.45, 2.75) is 19.4 Å². The van der Waals surface area contributed by atoms with Crippen LogP contribution in [0.1, 0.15) is 13.3 Å². The molecule has 0 aliphatic heterocycles. The quantitative estimate of drug-likeness (QED) is 0.808. The largest absolute Gasteiger partial charge is 0.480 e. The van der Waals surface area contributed by atoms with Gasteiger partial charge in [0.15, 0.2) is 11.5 Å². The maximum atomic E-state index is 11.1. The minimum absolute atomic E-state index is 0.492. The Morgan fingerprint density at radius 1 is 1.53 bits per heavy atom. The second kappa shape index (κ2) is 4.36. The predicted molar refractivity (Wildman–Crippen MR) is 61.8 cm³/mol. The molecule has 0 aliphatic carbocycles. The normalized spacial score (nSPS) is 12.6. The van der Waals surface area contributed by atoms with Gasteiger partial charge >= 0.3 is 5.97 Å². The molecule has 0 aromatic carbocycles. The van der Waals surface area contributed by atoms with Crippen molar-refractivity contribution in [1.82, 2.24) is 19.9 Å². The fourth-order valence-corrected chi connectivity index (χ4v) is 1.78. The van der Waals surface area contributed by atoms with Gasteiger partial charge in [0.1, 0.15) is 17.9 Å². The van der Waals surface area contributed by atoms with Crippen LogP contribution in [0.5, 0.6) is 0 Å². The second-order valence-corrected chi connectivity index (χ2v) is 3.67. The molecule has 2 aromatic rings. The molecule has 0 radical (unpaired) electrons. The van der Waals surface area contributed by atoms with Crippen LogP contribution < -0.4 is 4.90 Å². The van der Waals surface area contributed by atoms with Crippen LogP contribution in [0.3, 0.4) is 0 Å². The van der Waals surface area contributed by atoms with E-state index < -0.39 is 12.0 Å². The number of H-pyrrole nitrogens is 1. The Bertz CT molecular complexity index is 538. The van der Waals surface area contributed by atoms with Crippen molar-refractivity contribution in [3.05, 3.63) is 12.7 Å². The number of hydrogen-bond donors (Lipinski definition) is 2. The van der Waals surface area contributed by atoms with E-state index in [4.69, 9.17) is 5.11 Å². The van der Waals surface area contributed by atoms with Crippen molar-refractivity contribution in [3.63, 3.8) is 0 Å². The van der Waals surface area contributed by atoms with Gasteiger partial charge in [0.05, 0.1) is 6.33 Å². The van der Waals surface area contributed by atoms with Gasteiger partial charge in [0.25, 0.3) is 0 Å². The second-order valence-electron chi connectivity index (χ2n) is 3.67. The molecule has 0 bridgehead atoms. The van der Waals surface area contributed by atoms with Crippen molar-refractivity contribution in [1.29, 1.82) is 0 Å². The third kappa shape index (κ3) is 1.91. The van der Waals surface area contributed by atoms with Gasteiger partial charge in [-0.3, -0.25) is 0 Å². The SMILES string of the molecule is CCC(C(=O)O)N(C)c1ncnc2nc[nH]c12. The molecule has 7 nitrogen and oxygen atoms in total. The lowest BCUT2D eigenvalue weighted by molar-refractivity contribution is -0.138. The molecule has 0 saturated heterocycles. The fraction of sp³-hybridized carbons (Fsp3) is 0.400. The number of carboxylic acids is 1. The van der Waals surface area contributed by atoms with Gasteiger partial charge in [-0.15, -0.1) is 0 Å². The molecule has 1 atom stereocenters. The molecule has 0 amide bonds. The first-order valence-corrected chi connectivity index (χ1v) is 5.24. The first kappa shape index (κ1) is 11.3. The van der Waals surface area contributed by atoms with Crippen LogP contribution in [-0.4, -0.2) is 44.1 Å². The highest BCUT2D eigenvalue weighted by Crippen LogP contribution is 2.21. The highest BCUT2D eigenvalue weighted by Gasteiger charge is 2.23. The van der Waals surface area contributed by atoms with E-state index in [-0.39, 0.29) is 0 Å². The third-order valence-corrected chi connectivity index (χ3v) is 2.68. The number of fused-ring (bicyclic) bond motifs is 1. The molecular formula is C10H13N5O2. The molecule has 0 spiro atoms. The van der Waals surface area contributed by atoms with Crippen molar-refractivity contribution in [2.24, 2.45) is 0 Å². The summed E-state index contributed by atoms with van der Waals surface area (Å²) in [6, 6.07) is -0.614. The van der Waals surface area contributed by atoms with Crippen molar-refractivity contribution in [3.8, 4) is 0 Å². The van der Waals surface area contributed by atoms with Crippen LogP contribution in [0.2, 0.25) is 0 Å². The van der Waals surface area contributed by atoms with E-state index in [1.807, 2.05) is 6.92 Å². The average molecular weight is 235 g/mol. The number of aromatic nitrogens is 4. The lowest BCUT2D eigenvalue weighted by atomic mass is 10.2. The summed E-state index contributed by atoms with van der Waals surface area (Å²) in [5, 5.41) is 9.12. The van der Waals surface area contributed by atoms with E-state index in [1.165, 1.54) is 12.7 Å². The van der Waals surface area contributed by atoms with Gasteiger partial charge in [0.2, 0.25) is 0 Å². The van der Waals surface area contributed by atoms with Crippen LogP contribution >= 0.6 is 0 Å². The first-order chi connectivity index (χ1) is 8.15. The lowest BCUT2D eigenvalue weighted by Crippen LogP contribution is -2.38. The number of nitrogens with one attached hydrogen (secondary N) is 1. The Morgan fingerprint density at radius 3 is 2.94 bits per heavy atom. The summed E-state index contributed by atoms with van der Waals surface area (Å²) in [4.78, 5) is 27.7. The maximum absolute atomic E-state index is 11.1. The van der Waals surface area contributed by atoms with Crippen molar-refractivity contribution >= 4 is 23.0 Å². The van der Waals surface area contributed by atoms with Gasteiger partial charge in [-0.25, -0.2) is 19.7 Å². The third-order valence-electron chi connectivity index (χ3n) is 2.68. The number of hydrogen-bond acceptors (Lipinski definition) is 5. The molecule has 2 aromatic heterocycles. The number of nitrogens with zero attached hydrogens (tertiary/aromatic N) is 4. The number of anilines is 1. The maximum Gasteiger partial charge on any atom is 0.326 e. The molecule has 2 heterocycles. The monoisotopic (exact) mass is 235 g/mol. The number of imidazole rings is 1. The zero-order chi connectivity index (χ0) is 12.4. The topological polar surface area (TPSA) is 95.0 Å². The number of carbonyl (C=O) groups is 1. The van der Waals surface area contributed by atoms with Crippen LogP contribution in [0.25, 0.3) is 11.2 Å². The van der Waals surface area contributed by atoms with Gasteiger partial charge in [-0.05, 0) is 6.42 Å². The van der Waals surface area contributed by atoms with E-state index in [2.05, 4.69) is 19.9 Å². The summed E-state index contributed by atoms with van der Waals surface area (Å²) in [6.45, 7) is 1.82. The minimum atomic E-state index is -0.874. The molecule has 0 aliphatic rings. The first-order valence-electron chi connectivity index (χ1n) is 5.24. The fourth-order valence-electron chi connectivity index (χ4n) is 1.78. The van der Waals surface area contributed by atoms with Crippen molar-refractivity contribution < 1.29 is 9.90 Å². The molecule has 0 fully saturated rings. The number of aromatic amines is 1. The van der Waals surface area contributed by atoms with E-state index >= 15 is 0 Å². The molecule has 2 N–H and O–H groups in total. The summed E-state index contributed by atoms with van der Waals surface area (Å²) in [5.41, 5.74) is 1.18. The van der Waals surface area contributed by atoms with Crippen LogP contribution in [0, 0.1) is 0 Å². The molecular weight excluding hydrogens is 222 g/mol.